The molecule has 4 rings (SSSR count). The molecule has 2 aromatic heterocycles. The van der Waals surface area contributed by atoms with Crippen molar-refractivity contribution in [3.63, 3.8) is 0 Å². The number of nitrogen functional groups attached to an aromatic ring is 1. The van der Waals surface area contributed by atoms with E-state index in [9.17, 15) is 13.2 Å². The second-order valence-electron chi connectivity index (χ2n) is 7.03. The van der Waals surface area contributed by atoms with Gasteiger partial charge in [0, 0.05) is 19.0 Å². The SMILES string of the molecule is Nc1ncc(C(F)(F)F)n2c([C@@H]3CCCN(Cc4ccccc4)C3)nc(Br)c12. The molecule has 9 heteroatoms. The van der Waals surface area contributed by atoms with Gasteiger partial charge in [-0.1, -0.05) is 30.3 Å². The van der Waals surface area contributed by atoms with E-state index in [1.807, 2.05) is 18.2 Å². The molecule has 1 atom stereocenters. The van der Waals surface area contributed by atoms with E-state index in [0.29, 0.717) is 17.0 Å². The molecular weight excluding hydrogens is 435 g/mol. The number of benzene rings is 1. The molecule has 3 aromatic rings. The first kappa shape index (κ1) is 19.2. The second-order valence-corrected chi connectivity index (χ2v) is 7.78. The number of hydrogen-bond donors (Lipinski definition) is 1. The van der Waals surface area contributed by atoms with Crippen molar-refractivity contribution in [3.8, 4) is 0 Å². The Morgan fingerprint density at radius 1 is 1.21 bits per heavy atom. The Hall–Kier alpha value is -2.13. The molecule has 3 heterocycles. The van der Waals surface area contributed by atoms with E-state index in [-0.39, 0.29) is 17.3 Å². The minimum Gasteiger partial charge on any atom is -0.382 e. The van der Waals surface area contributed by atoms with Crippen LogP contribution in [0, 0.1) is 0 Å². The van der Waals surface area contributed by atoms with E-state index < -0.39 is 11.9 Å². The first-order valence-corrected chi connectivity index (χ1v) is 9.79. The lowest BCUT2D eigenvalue weighted by Crippen LogP contribution is -2.34. The maximum absolute atomic E-state index is 13.6. The van der Waals surface area contributed by atoms with Gasteiger partial charge in [-0.3, -0.25) is 9.30 Å². The van der Waals surface area contributed by atoms with Crippen molar-refractivity contribution < 1.29 is 13.2 Å². The van der Waals surface area contributed by atoms with Crippen molar-refractivity contribution >= 4 is 27.3 Å². The van der Waals surface area contributed by atoms with Crippen LogP contribution in [0.2, 0.25) is 0 Å². The van der Waals surface area contributed by atoms with Crippen LogP contribution in [0.3, 0.4) is 0 Å². The van der Waals surface area contributed by atoms with Crippen molar-refractivity contribution in [1.29, 1.82) is 0 Å². The molecule has 1 fully saturated rings. The normalized spacial score (nSPS) is 18.6. The highest BCUT2D eigenvalue weighted by atomic mass is 79.9. The van der Waals surface area contributed by atoms with E-state index in [2.05, 4.69) is 42.9 Å². The van der Waals surface area contributed by atoms with Gasteiger partial charge in [-0.25, -0.2) is 9.97 Å². The average Bonchev–Trinajstić information content (AvgIpc) is 3.00. The highest BCUT2D eigenvalue weighted by Gasteiger charge is 2.37. The molecule has 1 aliphatic rings. The molecule has 0 radical (unpaired) electrons. The third kappa shape index (κ3) is 3.60. The van der Waals surface area contributed by atoms with Crippen LogP contribution in [-0.2, 0) is 12.7 Å². The van der Waals surface area contributed by atoms with Gasteiger partial charge >= 0.3 is 6.18 Å². The van der Waals surface area contributed by atoms with Crippen LogP contribution >= 0.6 is 15.9 Å². The molecule has 28 heavy (non-hydrogen) atoms. The van der Waals surface area contributed by atoms with E-state index in [0.717, 1.165) is 36.5 Å². The fourth-order valence-electron chi connectivity index (χ4n) is 3.85. The van der Waals surface area contributed by atoms with E-state index in [1.165, 1.54) is 5.56 Å². The maximum atomic E-state index is 13.6. The zero-order valence-corrected chi connectivity index (χ0v) is 16.5. The molecule has 148 valence electrons. The highest BCUT2D eigenvalue weighted by molar-refractivity contribution is 9.10. The Morgan fingerprint density at radius 2 is 1.96 bits per heavy atom. The number of nitrogens with two attached hydrogens (primary N) is 1. The Morgan fingerprint density at radius 3 is 2.68 bits per heavy atom. The Kier molecular flexibility index (Phi) is 5.05. The van der Waals surface area contributed by atoms with Crippen molar-refractivity contribution in [2.75, 3.05) is 18.8 Å². The number of halogens is 4. The molecule has 5 nitrogen and oxygen atoms in total. The first-order chi connectivity index (χ1) is 13.3. The standard InChI is InChI=1S/C19H19BrF3N5/c20-16-15-17(24)25-9-14(19(21,22)23)28(15)18(26-16)13-7-4-8-27(11-13)10-12-5-2-1-3-6-12/h1-3,5-6,9,13H,4,7-8,10-11H2,(H2,24,25)/t13-/m1/s1. The van der Waals surface area contributed by atoms with Crippen LogP contribution in [0.1, 0.15) is 35.8 Å². The number of fused-ring (bicyclic) bond motifs is 1. The van der Waals surface area contributed by atoms with Crippen LogP contribution < -0.4 is 5.73 Å². The number of aromatic nitrogens is 3. The summed E-state index contributed by atoms with van der Waals surface area (Å²) in [6, 6.07) is 10.1. The summed E-state index contributed by atoms with van der Waals surface area (Å²) in [5.41, 5.74) is 6.36. The lowest BCUT2D eigenvalue weighted by Gasteiger charge is -2.32. The lowest BCUT2D eigenvalue weighted by atomic mass is 9.96. The quantitative estimate of drug-likeness (QED) is 0.635. The van der Waals surface area contributed by atoms with E-state index >= 15 is 0 Å². The van der Waals surface area contributed by atoms with Crippen LogP contribution in [0.15, 0.2) is 41.1 Å². The average molecular weight is 454 g/mol. The number of piperidine rings is 1. The third-order valence-corrected chi connectivity index (χ3v) is 5.63. The van der Waals surface area contributed by atoms with Crippen molar-refractivity contribution in [2.45, 2.75) is 31.5 Å². The summed E-state index contributed by atoms with van der Waals surface area (Å²) in [7, 11) is 0. The molecule has 1 aromatic carbocycles. The number of rotatable bonds is 3. The number of imidazole rings is 1. The van der Waals surface area contributed by atoms with E-state index in [1.54, 1.807) is 0 Å². The molecule has 0 spiro atoms. The third-order valence-electron chi connectivity index (χ3n) is 5.08. The van der Waals surface area contributed by atoms with Gasteiger partial charge in [-0.2, -0.15) is 13.2 Å². The fourth-order valence-corrected chi connectivity index (χ4v) is 4.41. The highest BCUT2D eigenvalue weighted by Crippen LogP contribution is 2.37. The zero-order chi connectivity index (χ0) is 19.9. The number of alkyl halides is 3. The number of anilines is 1. The molecule has 0 bridgehead atoms. The number of nitrogens with zero attached hydrogens (tertiary/aromatic N) is 4. The van der Waals surface area contributed by atoms with Crippen LogP contribution in [0.5, 0.6) is 0 Å². The molecule has 0 aliphatic carbocycles. The minimum atomic E-state index is -4.55. The largest absolute Gasteiger partial charge is 0.433 e. The van der Waals surface area contributed by atoms with Gasteiger partial charge in [0.15, 0.2) is 5.82 Å². The van der Waals surface area contributed by atoms with Gasteiger partial charge in [-0.05, 0) is 40.9 Å². The molecule has 1 saturated heterocycles. The smallest absolute Gasteiger partial charge is 0.382 e. The number of hydrogen-bond acceptors (Lipinski definition) is 4. The summed E-state index contributed by atoms with van der Waals surface area (Å²) >= 11 is 3.27. The van der Waals surface area contributed by atoms with Crippen molar-refractivity contribution in [2.24, 2.45) is 0 Å². The zero-order valence-electron chi connectivity index (χ0n) is 15.0. The topological polar surface area (TPSA) is 59.4 Å². The Balaban J connectivity index is 1.71. The summed E-state index contributed by atoms with van der Waals surface area (Å²) in [6.45, 7) is 2.31. The van der Waals surface area contributed by atoms with Gasteiger partial charge < -0.3 is 5.73 Å². The summed E-state index contributed by atoms with van der Waals surface area (Å²) in [5, 5.41) is 0. The molecule has 0 unspecified atom stereocenters. The molecule has 0 amide bonds. The maximum Gasteiger partial charge on any atom is 0.433 e. The predicted octanol–water partition coefficient (Wildman–Crippen LogP) is 4.47. The van der Waals surface area contributed by atoms with Gasteiger partial charge in [-0.15, -0.1) is 0 Å². The Labute approximate surface area is 168 Å². The van der Waals surface area contributed by atoms with Gasteiger partial charge in [0.25, 0.3) is 0 Å². The van der Waals surface area contributed by atoms with Crippen molar-refractivity contribution in [1.82, 2.24) is 19.3 Å². The molecule has 1 aliphatic heterocycles. The Bertz CT molecular complexity index is 987. The van der Waals surface area contributed by atoms with E-state index in [4.69, 9.17) is 5.73 Å². The fraction of sp³-hybridized carbons (Fsp3) is 0.368. The molecule has 2 N–H and O–H groups in total. The molecule has 0 saturated carbocycles. The van der Waals surface area contributed by atoms with Gasteiger partial charge in [0.2, 0.25) is 0 Å². The first-order valence-electron chi connectivity index (χ1n) is 9.00. The van der Waals surface area contributed by atoms with Crippen molar-refractivity contribution in [3.05, 3.63) is 58.2 Å². The van der Waals surface area contributed by atoms with Crippen LogP contribution in [-0.4, -0.2) is 32.4 Å². The summed E-state index contributed by atoms with van der Waals surface area (Å²) in [6.07, 6.45) is -2.10. The monoisotopic (exact) mass is 453 g/mol. The predicted molar refractivity (Wildman–Crippen MR) is 104 cm³/mol. The number of likely N-dealkylation sites (tertiary alicyclic amines) is 1. The second kappa shape index (κ2) is 7.36. The molecular formula is C19H19BrF3N5. The van der Waals surface area contributed by atoms with Gasteiger partial charge in [0.05, 0.1) is 6.20 Å². The van der Waals surface area contributed by atoms with Crippen LogP contribution in [0.4, 0.5) is 19.0 Å². The van der Waals surface area contributed by atoms with Gasteiger partial charge in [0.1, 0.15) is 21.6 Å². The summed E-state index contributed by atoms with van der Waals surface area (Å²) < 4.78 is 42.3. The summed E-state index contributed by atoms with van der Waals surface area (Å²) in [4.78, 5) is 10.4. The minimum absolute atomic E-state index is 0.0237. The van der Waals surface area contributed by atoms with Crippen LogP contribution in [0.25, 0.3) is 5.52 Å². The summed E-state index contributed by atoms with van der Waals surface area (Å²) in [5.74, 6) is 0.274. The lowest BCUT2D eigenvalue weighted by molar-refractivity contribution is -0.142.